The minimum Gasteiger partial charge on any atom is -0.494 e. The van der Waals surface area contributed by atoms with Crippen LogP contribution in [0.2, 0.25) is 0 Å². The Morgan fingerprint density at radius 2 is 1.73 bits per heavy atom. The van der Waals surface area contributed by atoms with E-state index in [0.717, 1.165) is 28.1 Å². The first-order valence-corrected chi connectivity index (χ1v) is 13.7. The molecule has 0 aliphatic carbocycles. The van der Waals surface area contributed by atoms with Gasteiger partial charge in [-0.15, -0.1) is 5.10 Å². The molecule has 4 heterocycles. The summed E-state index contributed by atoms with van der Waals surface area (Å²) in [4.78, 5) is 18.5. The minimum absolute atomic E-state index is 0.231. The molecule has 1 aliphatic rings. The van der Waals surface area contributed by atoms with Gasteiger partial charge < -0.3 is 14.2 Å². The molecule has 198 valence electrons. The van der Waals surface area contributed by atoms with Gasteiger partial charge in [-0.1, -0.05) is 29.5 Å². The fraction of sp³-hybridized carbons (Fsp3) is 0.133. The van der Waals surface area contributed by atoms with Gasteiger partial charge in [0, 0.05) is 22.9 Å². The van der Waals surface area contributed by atoms with Crippen LogP contribution >= 0.6 is 11.3 Å². The number of nitrogens with zero attached hydrogens (tertiary/aromatic N) is 5. The molecule has 9 nitrogen and oxygen atoms in total. The molecule has 0 spiro atoms. The van der Waals surface area contributed by atoms with Crippen LogP contribution in [0, 0.1) is 0 Å². The standard InChI is InChI=1S/C30H23N5O4S/c1-2-37-23-11-8-19(9-12-23)28-31-30-35(33-28)29(36)26(40-30)17-21-18-34(22-6-4-3-5-7-22)32-27(21)20-10-13-24-25(16-20)39-15-14-38-24/h3-13,16-18H,2,14-15H2,1H3. The van der Waals surface area contributed by atoms with Crippen molar-refractivity contribution >= 4 is 22.4 Å². The van der Waals surface area contributed by atoms with Gasteiger partial charge in [0.25, 0.3) is 5.56 Å². The van der Waals surface area contributed by atoms with E-state index in [0.29, 0.717) is 52.3 Å². The molecule has 3 aromatic heterocycles. The molecule has 1 aliphatic heterocycles. The van der Waals surface area contributed by atoms with Crippen molar-refractivity contribution in [2.75, 3.05) is 19.8 Å². The van der Waals surface area contributed by atoms with E-state index >= 15 is 0 Å². The molecule has 0 unspecified atom stereocenters. The lowest BCUT2D eigenvalue weighted by Gasteiger charge is -2.18. The van der Waals surface area contributed by atoms with Crippen LogP contribution in [0.1, 0.15) is 12.5 Å². The Bertz CT molecular complexity index is 1940. The Hall–Kier alpha value is -4.96. The fourth-order valence-electron chi connectivity index (χ4n) is 4.59. The average molecular weight is 550 g/mol. The normalized spacial score (nSPS) is 13.2. The van der Waals surface area contributed by atoms with Crippen molar-refractivity contribution in [2.24, 2.45) is 0 Å². The molecule has 3 aromatic carbocycles. The van der Waals surface area contributed by atoms with E-state index in [1.807, 2.05) is 96.7 Å². The van der Waals surface area contributed by atoms with Gasteiger partial charge in [0.1, 0.15) is 24.7 Å². The molecular formula is C30H23N5O4S. The number of hydrogen-bond donors (Lipinski definition) is 0. The lowest BCUT2D eigenvalue weighted by molar-refractivity contribution is 0.171. The smallest absolute Gasteiger partial charge is 0.291 e. The molecule has 40 heavy (non-hydrogen) atoms. The van der Waals surface area contributed by atoms with Gasteiger partial charge in [-0.05, 0) is 67.6 Å². The van der Waals surface area contributed by atoms with E-state index in [2.05, 4.69) is 10.1 Å². The molecule has 0 bridgehead atoms. The van der Waals surface area contributed by atoms with Crippen LogP contribution in [-0.4, -0.2) is 44.2 Å². The molecule has 0 saturated heterocycles. The Labute approximate surface area is 232 Å². The summed E-state index contributed by atoms with van der Waals surface area (Å²) in [6, 6.07) is 23.1. The number of benzene rings is 3. The van der Waals surface area contributed by atoms with Crippen LogP contribution in [0.4, 0.5) is 0 Å². The number of rotatable bonds is 6. The molecule has 10 heteroatoms. The van der Waals surface area contributed by atoms with Crippen molar-refractivity contribution in [2.45, 2.75) is 6.92 Å². The van der Waals surface area contributed by atoms with E-state index in [1.54, 1.807) is 0 Å². The molecular weight excluding hydrogens is 526 g/mol. The highest BCUT2D eigenvalue weighted by Gasteiger charge is 2.18. The topological polar surface area (TPSA) is 92.8 Å². The average Bonchev–Trinajstić information content (AvgIpc) is 3.69. The molecule has 0 saturated carbocycles. The van der Waals surface area contributed by atoms with Gasteiger partial charge in [0.15, 0.2) is 17.3 Å². The number of para-hydroxylation sites is 1. The second-order valence-corrected chi connectivity index (χ2v) is 10.1. The quantitative estimate of drug-likeness (QED) is 0.304. The second-order valence-electron chi connectivity index (χ2n) is 9.07. The van der Waals surface area contributed by atoms with E-state index in [-0.39, 0.29) is 5.56 Å². The number of hydrogen-bond acceptors (Lipinski definition) is 8. The first-order chi connectivity index (χ1) is 19.7. The van der Waals surface area contributed by atoms with E-state index in [9.17, 15) is 4.79 Å². The van der Waals surface area contributed by atoms with E-state index < -0.39 is 0 Å². The summed E-state index contributed by atoms with van der Waals surface area (Å²) >= 11 is 1.29. The third kappa shape index (κ3) is 4.38. The Kier molecular flexibility index (Phi) is 6.01. The summed E-state index contributed by atoms with van der Waals surface area (Å²) in [5.41, 5.74) is 3.85. The van der Waals surface area contributed by atoms with Gasteiger partial charge in [-0.25, -0.2) is 4.68 Å². The van der Waals surface area contributed by atoms with Crippen molar-refractivity contribution in [3.05, 3.63) is 99.4 Å². The zero-order chi connectivity index (χ0) is 27.1. The number of fused-ring (bicyclic) bond motifs is 2. The highest BCUT2D eigenvalue weighted by atomic mass is 32.1. The molecule has 0 fully saturated rings. The first kappa shape index (κ1) is 24.1. The lowest BCUT2D eigenvalue weighted by Crippen LogP contribution is -2.23. The monoisotopic (exact) mass is 549 g/mol. The van der Waals surface area contributed by atoms with Gasteiger partial charge in [0.05, 0.1) is 16.8 Å². The number of thiazole rings is 1. The first-order valence-electron chi connectivity index (χ1n) is 12.9. The van der Waals surface area contributed by atoms with Crippen molar-refractivity contribution in [3.63, 3.8) is 0 Å². The van der Waals surface area contributed by atoms with Crippen LogP contribution in [0.25, 0.3) is 39.4 Å². The molecule has 0 amide bonds. The zero-order valence-corrected chi connectivity index (χ0v) is 22.3. The summed E-state index contributed by atoms with van der Waals surface area (Å²) < 4.78 is 20.7. The molecule has 7 rings (SSSR count). The molecule has 0 N–H and O–H groups in total. The SMILES string of the molecule is CCOc1ccc(-c2nc3sc(=Cc4cn(-c5ccccc5)nc4-c4ccc5c(c4)OCCO5)c(=O)n3n2)cc1. The second kappa shape index (κ2) is 9.97. The zero-order valence-electron chi connectivity index (χ0n) is 21.5. The molecule has 6 aromatic rings. The van der Waals surface area contributed by atoms with Crippen molar-refractivity contribution in [1.29, 1.82) is 0 Å². The minimum atomic E-state index is -0.231. The maximum absolute atomic E-state index is 13.4. The Balaban J connectivity index is 1.31. The van der Waals surface area contributed by atoms with E-state index in [1.165, 1.54) is 15.9 Å². The van der Waals surface area contributed by atoms with E-state index in [4.69, 9.17) is 19.3 Å². The van der Waals surface area contributed by atoms with Gasteiger partial charge in [-0.3, -0.25) is 4.79 Å². The summed E-state index contributed by atoms with van der Waals surface area (Å²) in [5, 5.41) is 9.38. The van der Waals surface area contributed by atoms with Crippen molar-refractivity contribution < 1.29 is 14.2 Å². The highest BCUT2D eigenvalue weighted by Crippen LogP contribution is 2.35. The van der Waals surface area contributed by atoms with Crippen LogP contribution in [0.15, 0.2) is 83.8 Å². The molecule has 0 atom stereocenters. The predicted molar refractivity (Wildman–Crippen MR) is 153 cm³/mol. The van der Waals surface area contributed by atoms with Gasteiger partial charge in [-0.2, -0.15) is 14.6 Å². The highest BCUT2D eigenvalue weighted by molar-refractivity contribution is 7.15. The lowest BCUT2D eigenvalue weighted by atomic mass is 10.1. The largest absolute Gasteiger partial charge is 0.494 e. The van der Waals surface area contributed by atoms with Gasteiger partial charge >= 0.3 is 0 Å². The third-order valence-electron chi connectivity index (χ3n) is 6.47. The Morgan fingerprint density at radius 1 is 0.950 bits per heavy atom. The van der Waals surface area contributed by atoms with Crippen LogP contribution in [-0.2, 0) is 0 Å². The Morgan fingerprint density at radius 3 is 2.50 bits per heavy atom. The predicted octanol–water partition coefficient (Wildman–Crippen LogP) is 4.39. The van der Waals surface area contributed by atoms with Crippen molar-refractivity contribution in [3.8, 4) is 45.6 Å². The maximum Gasteiger partial charge on any atom is 0.291 e. The van der Waals surface area contributed by atoms with Gasteiger partial charge in [0.2, 0.25) is 4.96 Å². The third-order valence-corrected chi connectivity index (χ3v) is 7.43. The van der Waals surface area contributed by atoms with Crippen molar-refractivity contribution in [1.82, 2.24) is 24.4 Å². The number of ether oxygens (including phenoxy) is 3. The maximum atomic E-state index is 13.4. The molecule has 0 radical (unpaired) electrons. The summed E-state index contributed by atoms with van der Waals surface area (Å²) in [7, 11) is 0. The summed E-state index contributed by atoms with van der Waals surface area (Å²) in [6.07, 6.45) is 3.76. The summed E-state index contributed by atoms with van der Waals surface area (Å²) in [5.74, 6) is 2.65. The van der Waals surface area contributed by atoms with Crippen LogP contribution in [0.3, 0.4) is 0 Å². The fourth-order valence-corrected chi connectivity index (χ4v) is 5.48. The van der Waals surface area contributed by atoms with Crippen LogP contribution in [0.5, 0.6) is 17.2 Å². The summed E-state index contributed by atoms with van der Waals surface area (Å²) in [6.45, 7) is 3.55. The van der Waals surface area contributed by atoms with Crippen LogP contribution < -0.4 is 24.3 Å². The number of aromatic nitrogens is 5.